The fourth-order valence-corrected chi connectivity index (χ4v) is 10.4. The number of amides is 2. The Hall–Kier alpha value is -9.66. The van der Waals surface area contributed by atoms with Crippen molar-refractivity contribution in [1.29, 1.82) is 0 Å². The largest absolute Gasteiger partial charge is 0.478 e. The van der Waals surface area contributed by atoms with Gasteiger partial charge in [0.1, 0.15) is 14.8 Å². The maximum atomic E-state index is 13.0. The minimum Gasteiger partial charge on any atom is -0.478 e. The van der Waals surface area contributed by atoms with E-state index in [-0.39, 0.29) is 46.8 Å². The topological polar surface area (TPSA) is 244 Å². The van der Waals surface area contributed by atoms with Crippen LogP contribution >= 0.6 is 31.9 Å². The Morgan fingerprint density at radius 3 is 1.32 bits per heavy atom. The molecule has 18 nitrogen and oxygen atoms in total. The Balaban J connectivity index is 0.000000202. The summed E-state index contributed by atoms with van der Waals surface area (Å²) in [4.78, 5) is 71.3. The van der Waals surface area contributed by atoms with Crippen molar-refractivity contribution in [3.05, 3.63) is 256 Å². The number of aromatic nitrogens is 4. The molecule has 84 heavy (non-hydrogen) atoms. The highest BCUT2D eigenvalue weighted by Crippen LogP contribution is 2.31. The standard InChI is InChI=1S/C34H31BrN4O5.C30H23BrN4O5/c1-21(23-13-16-26(17-14-23)39(42)43)36-32(40)25-15-18-30-29(19-25)31(35)37-38(30)20-22-9-11-24(12-10-22)27-7-5-6-8-28(27)33(41)44-34(2,3)4;1-18(20-10-13-23(14-11-20)35(39)40)32-29(36)22-12-15-27-26(16-22)28(31)33-34(27)17-19-6-8-21(9-7-19)24-4-2-3-5-25(24)30(37)38/h5-19,21H,20H2,1-4H3,(H,36,40);2-16,18H,17H2,1H3,(H,32,36)(H,37,38)/t21-;18-/m00/s1. The van der Waals surface area contributed by atoms with E-state index in [1.54, 1.807) is 72.8 Å². The first kappa shape index (κ1) is 59.0. The van der Waals surface area contributed by atoms with Crippen LogP contribution in [0, 0.1) is 20.2 Å². The third-order valence-electron chi connectivity index (χ3n) is 13.7. The van der Waals surface area contributed by atoms with E-state index >= 15 is 0 Å². The van der Waals surface area contributed by atoms with Crippen molar-refractivity contribution in [3.8, 4) is 22.3 Å². The Morgan fingerprint density at radius 2 is 0.940 bits per heavy atom. The predicted molar refractivity (Wildman–Crippen MR) is 327 cm³/mol. The van der Waals surface area contributed by atoms with E-state index in [9.17, 15) is 44.5 Å². The molecule has 0 saturated heterocycles. The maximum absolute atomic E-state index is 13.0. The van der Waals surface area contributed by atoms with Gasteiger partial charge in [0.25, 0.3) is 23.2 Å². The van der Waals surface area contributed by atoms with Crippen molar-refractivity contribution in [2.45, 2.75) is 65.4 Å². The molecule has 0 bridgehead atoms. The summed E-state index contributed by atoms with van der Waals surface area (Å²) in [5.41, 5.74) is 9.48. The summed E-state index contributed by atoms with van der Waals surface area (Å²) in [7, 11) is 0. The third kappa shape index (κ3) is 13.8. The number of non-ortho nitro benzene ring substituents is 2. The van der Waals surface area contributed by atoms with Gasteiger partial charge in [-0.15, -0.1) is 0 Å². The minimum absolute atomic E-state index is 0.000868. The van der Waals surface area contributed by atoms with Gasteiger partial charge in [-0.25, -0.2) is 9.59 Å². The van der Waals surface area contributed by atoms with Crippen LogP contribution in [0.3, 0.4) is 0 Å². The van der Waals surface area contributed by atoms with Gasteiger partial charge in [-0.1, -0.05) is 109 Å². The van der Waals surface area contributed by atoms with Gasteiger partial charge in [0.15, 0.2) is 0 Å². The molecule has 0 aliphatic rings. The number of fused-ring (bicyclic) bond motifs is 2. The number of nitrogens with zero attached hydrogens (tertiary/aromatic N) is 6. The SMILES string of the molecule is C[C@H](NC(=O)c1ccc2c(c1)c(Br)nn2Cc1ccc(-c2ccccc2C(=O)O)cc1)c1ccc([N+](=O)[O-])cc1.C[C@H](NC(=O)c1ccc2c(c1)c(Br)nn2Cc1ccc(-c2ccccc2C(=O)OC(C)(C)C)cc1)c1ccc([N+](=O)[O-])cc1. The first-order chi connectivity index (χ1) is 40.1. The number of esters is 1. The number of ether oxygens (including phenoxy) is 1. The highest BCUT2D eigenvalue weighted by molar-refractivity contribution is 9.10. The number of nitro groups is 2. The van der Waals surface area contributed by atoms with Crippen LogP contribution in [0.4, 0.5) is 11.4 Å². The molecule has 0 aliphatic carbocycles. The summed E-state index contributed by atoms with van der Waals surface area (Å²) in [5, 5.41) is 48.0. The lowest BCUT2D eigenvalue weighted by molar-refractivity contribution is -0.385. The maximum Gasteiger partial charge on any atom is 0.339 e. The lowest BCUT2D eigenvalue weighted by Gasteiger charge is -2.20. The molecule has 2 aromatic heterocycles. The van der Waals surface area contributed by atoms with Crippen molar-refractivity contribution in [2.24, 2.45) is 0 Å². The van der Waals surface area contributed by atoms with E-state index in [1.807, 2.05) is 129 Å². The van der Waals surface area contributed by atoms with Crippen LogP contribution in [0.1, 0.15) is 110 Å². The number of carboxylic acid groups (broad SMARTS) is 1. The molecule has 424 valence electrons. The monoisotopic (exact) mass is 1250 g/mol. The molecule has 8 aromatic carbocycles. The zero-order chi connectivity index (χ0) is 60.0. The molecular weight excluding hydrogens is 1200 g/mol. The average molecular weight is 1250 g/mol. The van der Waals surface area contributed by atoms with Crippen LogP contribution in [-0.2, 0) is 17.8 Å². The lowest BCUT2D eigenvalue weighted by atomic mass is 9.98. The molecule has 0 saturated carbocycles. The van der Waals surface area contributed by atoms with Gasteiger partial charge in [-0.05, 0) is 160 Å². The molecule has 0 spiro atoms. The molecule has 0 unspecified atom stereocenters. The first-order valence-electron chi connectivity index (χ1n) is 26.4. The smallest absolute Gasteiger partial charge is 0.339 e. The minimum atomic E-state index is -0.971. The zero-order valence-electron chi connectivity index (χ0n) is 46.0. The van der Waals surface area contributed by atoms with E-state index in [4.69, 9.17) is 4.74 Å². The van der Waals surface area contributed by atoms with E-state index in [0.29, 0.717) is 44.5 Å². The molecule has 0 radical (unpaired) electrons. The molecular formula is C64H54Br2N8O10. The van der Waals surface area contributed by atoms with Gasteiger partial charge in [0, 0.05) is 46.2 Å². The molecule has 10 rings (SSSR count). The molecule has 2 heterocycles. The van der Waals surface area contributed by atoms with Crippen LogP contribution in [0.15, 0.2) is 191 Å². The summed E-state index contributed by atoms with van der Waals surface area (Å²) in [5.74, 6) is -1.87. The number of nitro benzene ring substituents is 2. The number of carbonyl (C=O) groups excluding carboxylic acids is 3. The number of hydrogen-bond acceptors (Lipinski definition) is 11. The van der Waals surface area contributed by atoms with Crippen molar-refractivity contribution < 1.29 is 38.9 Å². The van der Waals surface area contributed by atoms with Crippen LogP contribution < -0.4 is 10.6 Å². The third-order valence-corrected chi connectivity index (χ3v) is 14.9. The van der Waals surface area contributed by atoms with E-state index < -0.39 is 21.4 Å². The van der Waals surface area contributed by atoms with Gasteiger partial charge >= 0.3 is 11.9 Å². The van der Waals surface area contributed by atoms with Crippen LogP contribution in [0.25, 0.3) is 44.1 Å². The molecule has 20 heteroatoms. The number of aromatic carboxylic acids is 1. The van der Waals surface area contributed by atoms with Gasteiger partial charge in [0.2, 0.25) is 0 Å². The Morgan fingerprint density at radius 1 is 0.560 bits per heavy atom. The Kier molecular flexibility index (Phi) is 17.7. The number of halogens is 2. The van der Waals surface area contributed by atoms with E-state index in [0.717, 1.165) is 60.8 Å². The van der Waals surface area contributed by atoms with Crippen molar-refractivity contribution >= 4 is 88.8 Å². The van der Waals surface area contributed by atoms with Crippen molar-refractivity contribution in [2.75, 3.05) is 0 Å². The Labute approximate surface area is 498 Å². The second-order valence-corrected chi connectivity index (χ2v) is 22.2. The summed E-state index contributed by atoms with van der Waals surface area (Å²) in [6.45, 7) is 10.2. The van der Waals surface area contributed by atoms with Crippen LogP contribution in [0.5, 0.6) is 0 Å². The number of carboxylic acids is 1. The molecule has 3 N–H and O–H groups in total. The van der Waals surface area contributed by atoms with Crippen molar-refractivity contribution in [3.63, 3.8) is 0 Å². The predicted octanol–water partition coefficient (Wildman–Crippen LogP) is 14.5. The number of nitrogens with one attached hydrogen (secondary N) is 2. The quantitative estimate of drug-likeness (QED) is 0.0465. The van der Waals surface area contributed by atoms with E-state index in [1.165, 1.54) is 24.3 Å². The van der Waals surface area contributed by atoms with Crippen LogP contribution in [0.2, 0.25) is 0 Å². The van der Waals surface area contributed by atoms with Gasteiger partial charge in [-0.2, -0.15) is 10.2 Å². The molecule has 2 amide bonds. The normalized spacial score (nSPS) is 11.9. The number of benzene rings is 8. The fourth-order valence-electron chi connectivity index (χ4n) is 9.39. The summed E-state index contributed by atoms with van der Waals surface area (Å²) in [6, 6.07) is 52.2. The van der Waals surface area contributed by atoms with E-state index in [2.05, 4.69) is 52.7 Å². The van der Waals surface area contributed by atoms with Crippen LogP contribution in [-0.4, -0.2) is 63.9 Å². The fraction of sp³-hybridized carbons (Fsp3) is 0.156. The highest BCUT2D eigenvalue weighted by atomic mass is 79.9. The second-order valence-electron chi connectivity index (χ2n) is 20.7. The van der Waals surface area contributed by atoms with Gasteiger partial charge < -0.3 is 20.5 Å². The zero-order valence-corrected chi connectivity index (χ0v) is 49.1. The van der Waals surface area contributed by atoms with Gasteiger partial charge in [-0.3, -0.25) is 39.2 Å². The Bertz CT molecular complexity index is 4140. The van der Waals surface area contributed by atoms with Gasteiger partial charge in [0.05, 0.1) is 57.2 Å². The molecule has 0 fully saturated rings. The number of rotatable bonds is 16. The molecule has 10 aromatic rings. The number of carbonyl (C=O) groups is 4. The lowest BCUT2D eigenvalue weighted by Crippen LogP contribution is -2.26. The molecule has 2 atom stereocenters. The summed E-state index contributed by atoms with van der Waals surface area (Å²) in [6.07, 6.45) is 0. The number of hydrogen-bond donors (Lipinski definition) is 3. The van der Waals surface area contributed by atoms with Crippen molar-refractivity contribution in [1.82, 2.24) is 30.2 Å². The second kappa shape index (κ2) is 25.2. The first-order valence-corrected chi connectivity index (χ1v) is 27.9. The average Bonchev–Trinajstić information content (AvgIpc) is 3.20. The molecule has 0 aliphatic heterocycles. The highest BCUT2D eigenvalue weighted by Gasteiger charge is 2.23. The summed E-state index contributed by atoms with van der Waals surface area (Å²) >= 11 is 7.05. The summed E-state index contributed by atoms with van der Waals surface area (Å²) < 4.78 is 10.5.